The highest BCUT2D eigenvalue weighted by atomic mass is 32.2. The number of hydrogen-bond donors (Lipinski definition) is 2. The van der Waals surface area contributed by atoms with Gasteiger partial charge in [-0.1, -0.05) is 18.6 Å². The number of carbonyl (C=O) groups is 2. The summed E-state index contributed by atoms with van der Waals surface area (Å²) in [5.74, 6) is 0.513. The molecular formula is C21H23NO4S. The number of hydrogen-bond acceptors (Lipinski definition) is 4. The van der Waals surface area contributed by atoms with Gasteiger partial charge in [0.1, 0.15) is 11.3 Å². The van der Waals surface area contributed by atoms with Crippen LogP contribution >= 0.6 is 11.8 Å². The Labute approximate surface area is 162 Å². The van der Waals surface area contributed by atoms with Gasteiger partial charge >= 0.3 is 5.97 Å². The maximum absolute atomic E-state index is 12.8. The Kier molecular flexibility index (Phi) is 5.00. The van der Waals surface area contributed by atoms with Gasteiger partial charge in [0.15, 0.2) is 0 Å². The van der Waals surface area contributed by atoms with Gasteiger partial charge in [-0.25, -0.2) is 4.79 Å². The maximum atomic E-state index is 12.8. The highest BCUT2D eigenvalue weighted by Crippen LogP contribution is 2.56. The highest BCUT2D eigenvalue weighted by Gasteiger charge is 2.48. The summed E-state index contributed by atoms with van der Waals surface area (Å²) >= 11 is 1.42. The average Bonchev–Trinajstić information content (AvgIpc) is 3.36. The predicted molar refractivity (Wildman–Crippen MR) is 103 cm³/mol. The molecule has 0 spiro atoms. The van der Waals surface area contributed by atoms with Crippen LogP contribution in [0.1, 0.15) is 58.6 Å². The summed E-state index contributed by atoms with van der Waals surface area (Å²) < 4.78 is 5.29. The lowest BCUT2D eigenvalue weighted by Crippen LogP contribution is -2.43. The van der Waals surface area contributed by atoms with Crippen molar-refractivity contribution in [1.29, 1.82) is 0 Å². The van der Waals surface area contributed by atoms with Gasteiger partial charge < -0.3 is 14.8 Å². The minimum absolute atomic E-state index is 0.0528. The summed E-state index contributed by atoms with van der Waals surface area (Å²) in [4.78, 5) is 24.8. The Bertz CT molecular complexity index is 851. The smallest absolute Gasteiger partial charge is 0.339 e. The van der Waals surface area contributed by atoms with Gasteiger partial charge in [0.25, 0.3) is 5.91 Å². The van der Waals surface area contributed by atoms with Crippen LogP contribution in [0.4, 0.5) is 0 Å². The third-order valence-corrected chi connectivity index (χ3v) is 6.93. The van der Waals surface area contributed by atoms with E-state index in [2.05, 4.69) is 5.32 Å². The van der Waals surface area contributed by atoms with Crippen LogP contribution < -0.4 is 5.32 Å². The van der Waals surface area contributed by atoms with Crippen LogP contribution in [0.15, 0.2) is 45.9 Å². The SMILES string of the molecule is O=C(NCC1(C2CC2)CCC1)c1ccccc1SCc1occc1C(=O)O. The molecule has 2 aliphatic carbocycles. The van der Waals surface area contributed by atoms with Crippen molar-refractivity contribution in [3.8, 4) is 0 Å². The van der Waals surface area contributed by atoms with E-state index in [9.17, 15) is 14.7 Å². The second-order valence-corrected chi connectivity index (χ2v) is 8.54. The molecule has 0 aliphatic heterocycles. The van der Waals surface area contributed by atoms with Gasteiger partial charge in [-0.2, -0.15) is 0 Å². The molecule has 2 saturated carbocycles. The topological polar surface area (TPSA) is 79.5 Å². The molecule has 1 heterocycles. The largest absolute Gasteiger partial charge is 0.478 e. The first-order valence-corrected chi connectivity index (χ1v) is 10.4. The van der Waals surface area contributed by atoms with Crippen LogP contribution in [-0.4, -0.2) is 23.5 Å². The molecule has 0 bridgehead atoms. The first kappa shape index (κ1) is 18.2. The lowest BCUT2D eigenvalue weighted by molar-refractivity contribution is 0.0694. The molecule has 4 rings (SSSR count). The van der Waals surface area contributed by atoms with Crippen molar-refractivity contribution in [2.75, 3.05) is 6.54 Å². The van der Waals surface area contributed by atoms with Crippen LogP contribution in [-0.2, 0) is 5.75 Å². The highest BCUT2D eigenvalue weighted by molar-refractivity contribution is 7.98. The molecule has 1 amide bonds. The van der Waals surface area contributed by atoms with Gasteiger partial charge in [-0.3, -0.25) is 4.79 Å². The van der Waals surface area contributed by atoms with Gasteiger partial charge in [-0.05, 0) is 55.2 Å². The third kappa shape index (κ3) is 3.76. The zero-order valence-electron chi connectivity index (χ0n) is 15.1. The number of benzene rings is 1. The van der Waals surface area contributed by atoms with E-state index in [4.69, 9.17) is 4.42 Å². The predicted octanol–water partition coefficient (Wildman–Crippen LogP) is 4.58. The number of carboxylic acids is 1. The van der Waals surface area contributed by atoms with Crippen LogP contribution in [0.25, 0.3) is 0 Å². The molecule has 2 N–H and O–H groups in total. The van der Waals surface area contributed by atoms with Gasteiger partial charge in [0.05, 0.1) is 17.6 Å². The lowest BCUT2D eigenvalue weighted by atomic mass is 9.65. The lowest BCUT2D eigenvalue weighted by Gasteiger charge is -2.42. The summed E-state index contributed by atoms with van der Waals surface area (Å²) in [6.07, 6.45) is 7.71. The van der Waals surface area contributed by atoms with E-state index >= 15 is 0 Å². The average molecular weight is 385 g/mol. The molecule has 1 aromatic carbocycles. The number of nitrogens with one attached hydrogen (secondary N) is 1. The summed E-state index contributed by atoms with van der Waals surface area (Å²) in [5, 5.41) is 12.3. The molecule has 6 heteroatoms. The zero-order valence-corrected chi connectivity index (χ0v) is 15.9. The molecule has 5 nitrogen and oxygen atoms in total. The normalized spacial score (nSPS) is 17.9. The first-order chi connectivity index (χ1) is 13.1. The van der Waals surface area contributed by atoms with E-state index in [1.807, 2.05) is 24.3 Å². The molecule has 27 heavy (non-hydrogen) atoms. The summed E-state index contributed by atoms with van der Waals surface area (Å²) in [6.45, 7) is 0.761. The Hall–Kier alpha value is -2.21. The van der Waals surface area contributed by atoms with Gasteiger partial charge in [0, 0.05) is 11.4 Å². The number of rotatable bonds is 8. The molecule has 1 aromatic heterocycles. The third-order valence-electron chi connectivity index (χ3n) is 5.86. The fourth-order valence-corrected chi connectivity index (χ4v) is 4.98. The second-order valence-electron chi connectivity index (χ2n) is 7.52. The number of amides is 1. The molecular weight excluding hydrogens is 362 g/mol. The maximum Gasteiger partial charge on any atom is 0.339 e. The van der Waals surface area contributed by atoms with Crippen molar-refractivity contribution in [3.63, 3.8) is 0 Å². The standard InChI is InChI=1S/C21H23NO4S/c23-19(22-13-21(9-3-10-21)14-6-7-14)16-4-1-2-5-18(16)27-12-17-15(20(24)25)8-11-26-17/h1-2,4-5,8,11,14H,3,6-7,9-10,12-13H2,(H,22,23)(H,24,25). The van der Waals surface area contributed by atoms with E-state index in [1.54, 1.807) is 0 Å². The fourth-order valence-electron chi connectivity index (χ4n) is 3.97. The minimum Gasteiger partial charge on any atom is -0.478 e. The minimum atomic E-state index is -1.00. The number of carboxylic acid groups (broad SMARTS) is 1. The van der Waals surface area contributed by atoms with Crippen LogP contribution in [0, 0.1) is 11.3 Å². The van der Waals surface area contributed by atoms with E-state index < -0.39 is 5.97 Å². The van der Waals surface area contributed by atoms with Crippen LogP contribution in [0.3, 0.4) is 0 Å². The Morgan fingerprint density at radius 2 is 1.96 bits per heavy atom. The molecule has 0 atom stereocenters. The first-order valence-electron chi connectivity index (χ1n) is 9.39. The van der Waals surface area contributed by atoms with Crippen LogP contribution in [0.5, 0.6) is 0 Å². The fraction of sp³-hybridized carbons (Fsp3) is 0.429. The molecule has 2 aliphatic rings. The zero-order chi connectivity index (χ0) is 18.9. The van der Waals surface area contributed by atoms with Gasteiger partial charge in [-0.15, -0.1) is 11.8 Å². The summed E-state index contributed by atoms with van der Waals surface area (Å²) in [6, 6.07) is 8.91. The van der Waals surface area contributed by atoms with Crippen molar-refractivity contribution in [3.05, 3.63) is 53.5 Å². The van der Waals surface area contributed by atoms with Crippen molar-refractivity contribution >= 4 is 23.6 Å². The Morgan fingerprint density at radius 3 is 2.63 bits per heavy atom. The monoisotopic (exact) mass is 385 g/mol. The van der Waals surface area contributed by atoms with Crippen molar-refractivity contribution < 1.29 is 19.1 Å². The number of thioether (sulfide) groups is 1. The van der Waals surface area contributed by atoms with E-state index in [-0.39, 0.29) is 11.5 Å². The Morgan fingerprint density at radius 1 is 1.19 bits per heavy atom. The van der Waals surface area contributed by atoms with Crippen molar-refractivity contribution in [1.82, 2.24) is 5.32 Å². The summed E-state index contributed by atoms with van der Waals surface area (Å²) in [7, 11) is 0. The number of aromatic carboxylic acids is 1. The second kappa shape index (κ2) is 7.43. The Balaban J connectivity index is 1.42. The summed E-state index contributed by atoms with van der Waals surface area (Å²) in [5.41, 5.74) is 1.14. The quantitative estimate of drug-likeness (QED) is 0.650. The van der Waals surface area contributed by atoms with Crippen molar-refractivity contribution in [2.45, 2.75) is 42.8 Å². The van der Waals surface area contributed by atoms with Gasteiger partial charge in [0.2, 0.25) is 0 Å². The van der Waals surface area contributed by atoms with Crippen LogP contribution in [0.2, 0.25) is 0 Å². The number of carbonyl (C=O) groups excluding carboxylic acids is 1. The van der Waals surface area contributed by atoms with Crippen molar-refractivity contribution in [2.24, 2.45) is 11.3 Å². The molecule has 142 valence electrons. The van der Waals surface area contributed by atoms with E-state index in [0.717, 1.165) is 17.4 Å². The number of furan rings is 1. The molecule has 2 aromatic rings. The molecule has 2 fully saturated rings. The molecule has 0 unspecified atom stereocenters. The van der Waals surface area contributed by atoms with E-state index in [1.165, 1.54) is 56.2 Å². The molecule has 0 radical (unpaired) electrons. The molecule has 0 saturated heterocycles. The van der Waals surface area contributed by atoms with E-state index in [0.29, 0.717) is 22.5 Å².